The summed E-state index contributed by atoms with van der Waals surface area (Å²) in [5.74, 6) is -3.05. The lowest BCUT2D eigenvalue weighted by Gasteiger charge is -2.42. The number of phenols is 1. The Kier molecular flexibility index (Phi) is 6.70. The minimum atomic E-state index is -0.715. The number of nitrogens with zero attached hydrogens (tertiary/aromatic N) is 2. The van der Waals surface area contributed by atoms with Crippen LogP contribution in [0.5, 0.6) is 11.5 Å². The van der Waals surface area contributed by atoms with Gasteiger partial charge in [0.05, 0.1) is 29.1 Å². The zero-order chi connectivity index (χ0) is 32.7. The van der Waals surface area contributed by atoms with Crippen molar-refractivity contribution in [2.75, 3.05) is 12.0 Å². The van der Waals surface area contributed by atoms with Crippen LogP contribution < -0.4 is 9.64 Å². The molecule has 0 spiro atoms. The summed E-state index contributed by atoms with van der Waals surface area (Å²) in [7, 11) is 1.43. The number of phenolic OH excluding ortho intramolecular Hbond substituents is 1. The van der Waals surface area contributed by atoms with Crippen LogP contribution in [0.2, 0.25) is 0 Å². The van der Waals surface area contributed by atoms with Crippen LogP contribution in [0.1, 0.15) is 31.2 Å². The first-order chi connectivity index (χ1) is 22.7. The molecule has 234 valence electrons. The van der Waals surface area contributed by atoms with Crippen LogP contribution in [0.4, 0.5) is 5.69 Å². The number of rotatable bonds is 4. The van der Waals surface area contributed by atoms with E-state index in [2.05, 4.69) is 20.9 Å². The van der Waals surface area contributed by atoms with Gasteiger partial charge >= 0.3 is 0 Å². The number of aromatic hydroxyl groups is 1. The molecule has 0 radical (unpaired) electrons. The molecular weight excluding hydrogens is 664 g/mol. The van der Waals surface area contributed by atoms with Crippen molar-refractivity contribution >= 4 is 56.1 Å². The van der Waals surface area contributed by atoms with Gasteiger partial charge in [-0.15, -0.1) is 0 Å². The molecule has 4 atom stereocenters. The maximum absolute atomic E-state index is 14.3. The maximum atomic E-state index is 14.3. The number of hydrogen-bond donors (Lipinski definition) is 1. The minimum absolute atomic E-state index is 0.0911. The number of halogens is 1. The Morgan fingerprint density at radius 1 is 1.00 bits per heavy atom. The van der Waals surface area contributed by atoms with Gasteiger partial charge in [0.15, 0.2) is 28.6 Å². The van der Waals surface area contributed by atoms with Crippen LogP contribution in [0.15, 0.2) is 104 Å². The van der Waals surface area contributed by atoms with E-state index in [1.54, 1.807) is 43.3 Å². The first-order valence-electron chi connectivity index (χ1n) is 15.3. The number of para-hydroxylation sites is 2. The molecule has 4 aromatic rings. The average molecular weight is 692 g/mol. The number of imide groups is 1. The number of Topliss-reactive ketones (excluding diaryl/α,β-unsaturated/α-hetero) is 1. The standard InChI is InChI=1S/C37H27BrN2O7/c1-17-13-27(41)32-24(33(17)42)16-23-21(30(32)19-14-25(38)34(43)29(15-19)46-2)11-12-22-31(23)37(45)40(36(22)44)20-9-7-18(8-10-20)35-39-26-5-3-4-6-28(26)47-35/h3-11,13-15,22-23,30-31,43H,12,16H2,1-2H3. The van der Waals surface area contributed by atoms with E-state index in [1.807, 2.05) is 30.3 Å². The van der Waals surface area contributed by atoms with Crippen LogP contribution in [0.25, 0.3) is 22.6 Å². The van der Waals surface area contributed by atoms with E-state index in [1.165, 1.54) is 18.1 Å². The number of hydrogen-bond acceptors (Lipinski definition) is 8. The fourth-order valence-electron chi connectivity index (χ4n) is 7.68. The normalized spacial score (nSPS) is 23.9. The fraction of sp³-hybridized carbons (Fsp3) is 0.216. The highest BCUT2D eigenvalue weighted by atomic mass is 79.9. The summed E-state index contributed by atoms with van der Waals surface area (Å²) in [6.45, 7) is 1.62. The highest BCUT2D eigenvalue weighted by Gasteiger charge is 2.56. The zero-order valence-electron chi connectivity index (χ0n) is 25.3. The van der Waals surface area contributed by atoms with Crippen LogP contribution in [0, 0.1) is 17.8 Å². The molecule has 2 heterocycles. The lowest BCUT2D eigenvalue weighted by molar-refractivity contribution is -0.123. The number of ether oxygens (including phenoxy) is 1. The highest BCUT2D eigenvalue weighted by Crippen LogP contribution is 2.56. The predicted octanol–water partition coefficient (Wildman–Crippen LogP) is 6.61. The van der Waals surface area contributed by atoms with Crippen LogP contribution >= 0.6 is 15.9 Å². The first-order valence-corrected chi connectivity index (χ1v) is 16.1. The Bertz CT molecular complexity index is 2140. The number of methoxy groups -OCH3 is 1. The Balaban J connectivity index is 1.18. The summed E-state index contributed by atoms with van der Waals surface area (Å²) in [6, 6.07) is 17.8. The van der Waals surface area contributed by atoms with Crippen molar-refractivity contribution in [2.45, 2.75) is 25.7 Å². The van der Waals surface area contributed by atoms with Crippen molar-refractivity contribution in [1.82, 2.24) is 4.98 Å². The smallest absolute Gasteiger partial charge is 0.238 e. The van der Waals surface area contributed by atoms with Gasteiger partial charge in [0.25, 0.3) is 0 Å². The molecule has 8 rings (SSSR count). The Morgan fingerprint density at radius 3 is 2.51 bits per heavy atom. The fourth-order valence-corrected chi connectivity index (χ4v) is 8.14. The molecule has 1 saturated heterocycles. The first kappa shape index (κ1) is 29.3. The molecular formula is C37H27BrN2O7. The number of ketones is 2. The van der Waals surface area contributed by atoms with E-state index < -0.39 is 23.7 Å². The lowest BCUT2D eigenvalue weighted by Crippen LogP contribution is -2.39. The molecule has 3 aromatic carbocycles. The van der Waals surface area contributed by atoms with E-state index in [9.17, 15) is 24.3 Å². The van der Waals surface area contributed by atoms with Crippen molar-refractivity contribution in [1.29, 1.82) is 0 Å². The molecule has 10 heteroatoms. The van der Waals surface area contributed by atoms with Gasteiger partial charge in [-0.3, -0.25) is 24.1 Å². The molecule has 0 bridgehead atoms. The zero-order valence-corrected chi connectivity index (χ0v) is 26.9. The van der Waals surface area contributed by atoms with Gasteiger partial charge in [-0.2, -0.15) is 0 Å². The second-order valence-electron chi connectivity index (χ2n) is 12.3. The summed E-state index contributed by atoms with van der Waals surface area (Å²) < 4.78 is 11.7. The number of amides is 2. The summed E-state index contributed by atoms with van der Waals surface area (Å²) in [6.07, 6.45) is 3.81. The largest absolute Gasteiger partial charge is 0.503 e. The maximum Gasteiger partial charge on any atom is 0.238 e. The quantitative estimate of drug-likeness (QED) is 0.144. The minimum Gasteiger partial charge on any atom is -0.503 e. The molecule has 1 N–H and O–H groups in total. The van der Waals surface area contributed by atoms with Gasteiger partial charge in [0.1, 0.15) is 5.52 Å². The Labute approximate surface area is 277 Å². The van der Waals surface area contributed by atoms with Gasteiger partial charge in [-0.1, -0.05) is 23.8 Å². The number of allylic oxidation sites excluding steroid dienone is 6. The summed E-state index contributed by atoms with van der Waals surface area (Å²) in [5, 5.41) is 10.5. The highest BCUT2D eigenvalue weighted by molar-refractivity contribution is 9.10. The van der Waals surface area contributed by atoms with Crippen molar-refractivity contribution < 1.29 is 33.4 Å². The Hall–Kier alpha value is -5.09. The predicted molar refractivity (Wildman–Crippen MR) is 176 cm³/mol. The molecule has 4 unspecified atom stereocenters. The number of carbonyl (C=O) groups is 4. The van der Waals surface area contributed by atoms with E-state index in [-0.39, 0.29) is 41.3 Å². The van der Waals surface area contributed by atoms with E-state index in [4.69, 9.17) is 9.15 Å². The topological polar surface area (TPSA) is 127 Å². The number of benzene rings is 3. The SMILES string of the molecule is COc1cc(C2C3=CCC4C(=O)N(c5ccc(-c6nc7ccccc7o6)cc5)C(=O)C4C3CC3=C2C(=O)C=C(C)C3=O)cc(Br)c1O. The van der Waals surface area contributed by atoms with E-state index >= 15 is 0 Å². The summed E-state index contributed by atoms with van der Waals surface area (Å²) in [4.78, 5) is 61.2. The number of aromatic nitrogens is 1. The van der Waals surface area contributed by atoms with Gasteiger partial charge in [-0.25, -0.2) is 4.98 Å². The monoisotopic (exact) mass is 690 g/mol. The second-order valence-corrected chi connectivity index (χ2v) is 13.2. The lowest BCUT2D eigenvalue weighted by atomic mass is 9.59. The van der Waals surface area contributed by atoms with Gasteiger partial charge < -0.3 is 14.3 Å². The van der Waals surface area contributed by atoms with Crippen LogP contribution in [-0.4, -0.2) is 40.6 Å². The van der Waals surface area contributed by atoms with Crippen molar-refractivity contribution in [3.63, 3.8) is 0 Å². The number of oxazole rings is 1. The third-order valence-electron chi connectivity index (χ3n) is 9.83. The second kappa shape index (κ2) is 10.7. The molecule has 2 amide bonds. The number of fused-ring (bicyclic) bond motifs is 4. The van der Waals surface area contributed by atoms with Crippen molar-refractivity contribution in [2.24, 2.45) is 17.8 Å². The third-order valence-corrected chi connectivity index (χ3v) is 10.4. The molecule has 3 aliphatic carbocycles. The summed E-state index contributed by atoms with van der Waals surface area (Å²) >= 11 is 3.40. The van der Waals surface area contributed by atoms with Crippen LogP contribution in [-0.2, 0) is 19.2 Å². The van der Waals surface area contributed by atoms with Crippen molar-refractivity contribution in [3.05, 3.63) is 105 Å². The van der Waals surface area contributed by atoms with Crippen molar-refractivity contribution in [3.8, 4) is 23.0 Å². The number of anilines is 1. The summed E-state index contributed by atoms with van der Waals surface area (Å²) in [5.41, 5.74) is 5.06. The van der Waals surface area contributed by atoms with E-state index in [0.717, 1.165) is 11.1 Å². The molecule has 47 heavy (non-hydrogen) atoms. The number of carbonyl (C=O) groups excluding carboxylic acids is 4. The molecule has 1 aliphatic heterocycles. The molecule has 0 saturated carbocycles. The van der Waals surface area contributed by atoms with Gasteiger partial charge in [-0.05, 0) is 102 Å². The van der Waals surface area contributed by atoms with Gasteiger partial charge in [0.2, 0.25) is 17.7 Å². The van der Waals surface area contributed by atoms with Crippen LogP contribution in [0.3, 0.4) is 0 Å². The third kappa shape index (κ3) is 4.38. The Morgan fingerprint density at radius 2 is 1.77 bits per heavy atom. The average Bonchev–Trinajstić information content (AvgIpc) is 3.62. The molecule has 4 aliphatic rings. The van der Waals surface area contributed by atoms with E-state index in [0.29, 0.717) is 55.9 Å². The molecule has 1 aromatic heterocycles. The van der Waals surface area contributed by atoms with Gasteiger partial charge in [0, 0.05) is 28.2 Å². The molecule has 9 nitrogen and oxygen atoms in total. The molecule has 1 fully saturated rings.